The Kier molecular flexibility index (Phi) is 5.43. The minimum Gasteiger partial charge on any atom is -0.496 e. The fourth-order valence-electron chi connectivity index (χ4n) is 1.59. The van der Waals surface area contributed by atoms with Crippen molar-refractivity contribution in [1.29, 1.82) is 0 Å². The summed E-state index contributed by atoms with van der Waals surface area (Å²) in [5, 5.41) is 37.9. The van der Waals surface area contributed by atoms with Crippen molar-refractivity contribution in [3.8, 4) is 11.5 Å². The van der Waals surface area contributed by atoms with Gasteiger partial charge < -0.3 is 29.9 Å². The van der Waals surface area contributed by atoms with E-state index in [1.807, 2.05) is 0 Å². The van der Waals surface area contributed by atoms with Gasteiger partial charge in [0, 0.05) is 6.07 Å². The van der Waals surface area contributed by atoms with Gasteiger partial charge in [-0.15, -0.1) is 0 Å². The first-order valence-corrected chi connectivity index (χ1v) is 6.82. The number of rotatable bonds is 6. The molecule has 0 saturated carbocycles. The van der Waals surface area contributed by atoms with Crippen LogP contribution in [0, 0.1) is 0 Å². The lowest BCUT2D eigenvalue weighted by molar-refractivity contribution is -0.363. The van der Waals surface area contributed by atoms with Gasteiger partial charge in [0.1, 0.15) is 22.3 Å². The summed E-state index contributed by atoms with van der Waals surface area (Å²) in [5.41, 5.74) is 4.16. The highest BCUT2D eigenvalue weighted by Crippen LogP contribution is 2.39. The standard InChI is InChI=1S/C11H15F2NO7S/c1-20-6-4-8(22(19)9(12)13)7(21-2)3-5(6)10(15,16)11(14,17)18/h3-4,9,15-18H,14H2,1-2H3. The van der Waals surface area contributed by atoms with Crippen molar-refractivity contribution in [1.82, 2.24) is 0 Å². The molecule has 1 rings (SSSR count). The molecule has 0 spiro atoms. The number of nitrogens with two attached hydrogens (primary N) is 1. The average molecular weight is 343 g/mol. The van der Waals surface area contributed by atoms with Crippen LogP contribution in [0.5, 0.6) is 11.5 Å². The van der Waals surface area contributed by atoms with Gasteiger partial charge in [-0.2, -0.15) is 8.78 Å². The van der Waals surface area contributed by atoms with Gasteiger partial charge in [0.15, 0.2) is 0 Å². The molecule has 0 heterocycles. The molecule has 0 aromatic heterocycles. The Morgan fingerprint density at radius 3 is 2.00 bits per heavy atom. The summed E-state index contributed by atoms with van der Waals surface area (Å²) in [6.07, 6.45) is 0. The summed E-state index contributed by atoms with van der Waals surface area (Å²) >= 11 is 0. The van der Waals surface area contributed by atoms with Crippen LogP contribution in [0.15, 0.2) is 17.0 Å². The second-order valence-corrected chi connectivity index (χ2v) is 5.55. The number of hydrogen-bond donors (Lipinski definition) is 5. The van der Waals surface area contributed by atoms with Crippen LogP contribution in [0.4, 0.5) is 8.78 Å². The van der Waals surface area contributed by atoms with E-state index in [1.54, 1.807) is 0 Å². The number of methoxy groups -OCH3 is 2. The molecule has 0 aliphatic rings. The Morgan fingerprint density at radius 2 is 1.64 bits per heavy atom. The number of ether oxygens (including phenoxy) is 2. The number of halogens is 2. The lowest BCUT2D eigenvalue weighted by Gasteiger charge is -2.32. The van der Waals surface area contributed by atoms with Crippen LogP contribution in [0.2, 0.25) is 0 Å². The van der Waals surface area contributed by atoms with Gasteiger partial charge in [0.25, 0.3) is 11.7 Å². The third kappa shape index (κ3) is 3.34. The Morgan fingerprint density at radius 1 is 1.14 bits per heavy atom. The normalized spacial score (nSPS) is 14.1. The first-order chi connectivity index (χ1) is 9.97. The molecule has 22 heavy (non-hydrogen) atoms. The summed E-state index contributed by atoms with van der Waals surface area (Å²) in [6, 6.07) is 1.55. The molecule has 0 fully saturated rings. The van der Waals surface area contributed by atoms with Crippen LogP contribution in [0.1, 0.15) is 5.56 Å². The van der Waals surface area contributed by atoms with Gasteiger partial charge in [-0.05, 0) is 6.07 Å². The van der Waals surface area contributed by atoms with Gasteiger partial charge >= 0.3 is 5.76 Å². The molecule has 0 aliphatic heterocycles. The van der Waals surface area contributed by atoms with E-state index >= 15 is 0 Å². The Hall–Kier alpha value is -1.37. The highest BCUT2D eigenvalue weighted by Gasteiger charge is 2.48. The molecule has 0 saturated heterocycles. The van der Waals surface area contributed by atoms with E-state index in [2.05, 4.69) is 0 Å². The molecule has 6 N–H and O–H groups in total. The second kappa shape index (κ2) is 6.40. The first-order valence-electron chi connectivity index (χ1n) is 5.61. The van der Waals surface area contributed by atoms with Crippen molar-refractivity contribution in [2.24, 2.45) is 5.73 Å². The second-order valence-electron chi connectivity index (χ2n) is 4.16. The molecule has 0 bridgehead atoms. The van der Waals surface area contributed by atoms with Crippen LogP contribution in [0.3, 0.4) is 0 Å². The van der Waals surface area contributed by atoms with Gasteiger partial charge in [0.05, 0.1) is 24.7 Å². The SMILES string of the molecule is COc1cc(C(O)(O)C(N)(O)O)c(OC)cc1S(=O)C(F)F. The van der Waals surface area contributed by atoms with Gasteiger partial charge in [-0.25, -0.2) is 4.21 Å². The van der Waals surface area contributed by atoms with Gasteiger partial charge in [-0.1, -0.05) is 0 Å². The number of benzene rings is 1. The Bertz CT molecular complexity index is 574. The molecule has 0 amide bonds. The maximum atomic E-state index is 12.6. The highest BCUT2D eigenvalue weighted by molar-refractivity contribution is 7.85. The van der Waals surface area contributed by atoms with Crippen molar-refractivity contribution in [3.63, 3.8) is 0 Å². The first kappa shape index (κ1) is 18.7. The van der Waals surface area contributed by atoms with Crippen molar-refractivity contribution in [3.05, 3.63) is 17.7 Å². The quantitative estimate of drug-likeness (QED) is 0.404. The molecule has 0 radical (unpaired) electrons. The third-order valence-electron chi connectivity index (χ3n) is 2.75. The minimum absolute atomic E-state index is 0.411. The van der Waals surface area contributed by atoms with Crippen LogP contribution in [-0.2, 0) is 16.6 Å². The topological polar surface area (TPSA) is 142 Å². The molecule has 1 atom stereocenters. The van der Waals surface area contributed by atoms with E-state index in [4.69, 9.17) is 15.2 Å². The van der Waals surface area contributed by atoms with Crippen molar-refractivity contribution in [2.75, 3.05) is 14.2 Å². The molecule has 0 aliphatic carbocycles. The average Bonchev–Trinajstić information content (AvgIpc) is 2.43. The van der Waals surface area contributed by atoms with E-state index < -0.39 is 50.2 Å². The monoisotopic (exact) mass is 343 g/mol. The molecular formula is C11H15F2NO7S. The fourth-order valence-corrected chi connectivity index (χ4v) is 2.35. The molecule has 126 valence electrons. The zero-order valence-electron chi connectivity index (χ0n) is 11.5. The van der Waals surface area contributed by atoms with Crippen molar-refractivity contribution >= 4 is 10.8 Å². The van der Waals surface area contributed by atoms with E-state index in [0.717, 1.165) is 26.4 Å². The summed E-state index contributed by atoms with van der Waals surface area (Å²) in [6.45, 7) is 0. The van der Waals surface area contributed by atoms with Crippen LogP contribution >= 0.6 is 0 Å². The van der Waals surface area contributed by atoms with Crippen LogP contribution in [-0.4, -0.2) is 50.5 Å². The maximum absolute atomic E-state index is 12.6. The highest BCUT2D eigenvalue weighted by atomic mass is 32.2. The van der Waals surface area contributed by atoms with E-state index in [1.165, 1.54) is 0 Å². The summed E-state index contributed by atoms with van der Waals surface area (Å²) in [4.78, 5) is -0.479. The fraction of sp³-hybridized carbons (Fsp3) is 0.455. The Labute approximate surface area is 126 Å². The number of alkyl halides is 2. The maximum Gasteiger partial charge on any atom is 0.316 e. The Balaban J connectivity index is 3.60. The predicted octanol–water partition coefficient (Wildman–Crippen LogP) is -1.23. The zero-order valence-corrected chi connectivity index (χ0v) is 12.3. The zero-order chi connectivity index (χ0) is 17.3. The predicted molar refractivity (Wildman–Crippen MR) is 69.4 cm³/mol. The third-order valence-corrected chi connectivity index (χ3v) is 3.83. The molecule has 11 heteroatoms. The molecule has 1 aromatic rings. The molecule has 1 aromatic carbocycles. The lowest BCUT2D eigenvalue weighted by atomic mass is 10.0. The summed E-state index contributed by atoms with van der Waals surface area (Å²) < 4.78 is 46.2. The summed E-state index contributed by atoms with van der Waals surface area (Å²) in [5.74, 6) is -11.0. The minimum atomic E-state index is -3.49. The molecule has 1 unspecified atom stereocenters. The van der Waals surface area contributed by atoms with Crippen molar-refractivity contribution in [2.45, 2.75) is 22.4 Å². The lowest BCUT2D eigenvalue weighted by Crippen LogP contribution is -2.58. The van der Waals surface area contributed by atoms with Crippen LogP contribution in [0.25, 0.3) is 0 Å². The number of aliphatic hydroxyl groups is 4. The van der Waals surface area contributed by atoms with Gasteiger partial charge in [-0.3, -0.25) is 5.73 Å². The smallest absolute Gasteiger partial charge is 0.316 e. The molecule has 8 nitrogen and oxygen atoms in total. The summed E-state index contributed by atoms with van der Waals surface area (Å²) in [7, 11) is -0.670. The van der Waals surface area contributed by atoms with Crippen LogP contribution < -0.4 is 15.2 Å². The number of hydrogen-bond acceptors (Lipinski definition) is 8. The van der Waals surface area contributed by atoms with Gasteiger partial charge in [0.2, 0.25) is 0 Å². The van der Waals surface area contributed by atoms with E-state index in [-0.39, 0.29) is 0 Å². The molecular weight excluding hydrogens is 328 g/mol. The van der Waals surface area contributed by atoms with Crippen molar-refractivity contribution < 1.29 is 42.9 Å². The van der Waals surface area contributed by atoms with E-state index in [9.17, 15) is 33.4 Å². The van der Waals surface area contributed by atoms with E-state index in [0.29, 0.717) is 0 Å². The largest absolute Gasteiger partial charge is 0.496 e.